The van der Waals surface area contributed by atoms with Crippen molar-refractivity contribution in [3.8, 4) is 0 Å². The second-order valence-corrected chi connectivity index (χ2v) is 5.90. The quantitative estimate of drug-likeness (QED) is 0.606. The van der Waals surface area contributed by atoms with E-state index < -0.39 is 18.0 Å². The number of carboxylic acid groups (broad SMARTS) is 1. The zero-order chi connectivity index (χ0) is 15.7. The molecule has 0 aliphatic carbocycles. The fraction of sp³-hybridized carbons (Fsp3) is 0.769. The number of urea groups is 1. The van der Waals surface area contributed by atoms with Crippen molar-refractivity contribution in [1.29, 1.82) is 0 Å². The summed E-state index contributed by atoms with van der Waals surface area (Å²) in [7, 11) is 0. The van der Waals surface area contributed by atoms with Gasteiger partial charge in [-0.05, 0) is 31.3 Å². The molecule has 1 heterocycles. The lowest BCUT2D eigenvalue weighted by Crippen LogP contribution is -2.47. The van der Waals surface area contributed by atoms with Gasteiger partial charge in [0, 0.05) is 26.1 Å². The number of rotatable bonds is 8. The maximum Gasteiger partial charge on any atom is 0.326 e. The summed E-state index contributed by atoms with van der Waals surface area (Å²) in [5.74, 6) is -0.359. The van der Waals surface area contributed by atoms with Gasteiger partial charge < -0.3 is 20.6 Å². The molecule has 7 nitrogen and oxygen atoms in total. The summed E-state index contributed by atoms with van der Waals surface area (Å²) in [4.78, 5) is 36.1. The Morgan fingerprint density at radius 3 is 2.52 bits per heavy atom. The Balaban J connectivity index is 2.22. The number of amides is 3. The van der Waals surface area contributed by atoms with E-state index in [0.29, 0.717) is 12.2 Å². The van der Waals surface area contributed by atoms with E-state index in [1.807, 2.05) is 6.26 Å². The molecule has 0 aromatic heterocycles. The summed E-state index contributed by atoms with van der Waals surface area (Å²) < 4.78 is 0. The first-order valence-electron chi connectivity index (χ1n) is 7.08. The van der Waals surface area contributed by atoms with Gasteiger partial charge in [0.1, 0.15) is 6.04 Å². The molecule has 1 saturated heterocycles. The van der Waals surface area contributed by atoms with Crippen LogP contribution in [-0.2, 0) is 9.59 Å². The molecule has 0 saturated carbocycles. The van der Waals surface area contributed by atoms with Crippen LogP contribution in [0.15, 0.2) is 0 Å². The summed E-state index contributed by atoms with van der Waals surface area (Å²) in [6, 6.07) is -1.44. The molecule has 3 amide bonds. The van der Waals surface area contributed by atoms with E-state index in [9.17, 15) is 14.4 Å². The predicted molar refractivity (Wildman–Crippen MR) is 81.4 cm³/mol. The average Bonchev–Trinajstić information content (AvgIpc) is 2.97. The molecule has 120 valence electrons. The molecule has 0 aromatic carbocycles. The highest BCUT2D eigenvalue weighted by Crippen LogP contribution is 2.08. The first kappa shape index (κ1) is 17.6. The van der Waals surface area contributed by atoms with Crippen LogP contribution in [0.4, 0.5) is 4.79 Å². The Hall–Kier alpha value is -1.44. The summed E-state index contributed by atoms with van der Waals surface area (Å²) >= 11 is 1.53. The Bertz CT molecular complexity index is 372. The van der Waals surface area contributed by atoms with Crippen LogP contribution < -0.4 is 10.6 Å². The van der Waals surface area contributed by atoms with Crippen molar-refractivity contribution in [3.05, 3.63) is 0 Å². The number of carbonyl (C=O) groups is 3. The first-order valence-corrected chi connectivity index (χ1v) is 8.48. The van der Waals surface area contributed by atoms with Gasteiger partial charge in [-0.25, -0.2) is 9.59 Å². The van der Waals surface area contributed by atoms with Gasteiger partial charge >= 0.3 is 12.0 Å². The highest BCUT2D eigenvalue weighted by molar-refractivity contribution is 7.98. The highest BCUT2D eigenvalue weighted by atomic mass is 32.2. The SMILES string of the molecule is CSCC[C@H](NC(=O)NCCC(=O)N1CCCC1)C(=O)O. The normalized spacial score (nSPS) is 15.6. The van der Waals surface area contributed by atoms with Gasteiger partial charge in [-0.15, -0.1) is 0 Å². The van der Waals surface area contributed by atoms with Crippen LogP contribution in [0.2, 0.25) is 0 Å². The van der Waals surface area contributed by atoms with Crippen molar-refractivity contribution in [2.75, 3.05) is 31.6 Å². The van der Waals surface area contributed by atoms with Gasteiger partial charge in [-0.2, -0.15) is 11.8 Å². The minimum atomic E-state index is -1.05. The van der Waals surface area contributed by atoms with Crippen LogP contribution in [0.5, 0.6) is 0 Å². The number of aliphatic carboxylic acids is 1. The molecule has 1 fully saturated rings. The third-order valence-electron chi connectivity index (χ3n) is 3.30. The Morgan fingerprint density at radius 1 is 1.29 bits per heavy atom. The van der Waals surface area contributed by atoms with Crippen molar-refractivity contribution in [3.63, 3.8) is 0 Å². The third-order valence-corrected chi connectivity index (χ3v) is 3.94. The molecule has 21 heavy (non-hydrogen) atoms. The number of carboxylic acids is 1. The van der Waals surface area contributed by atoms with E-state index in [4.69, 9.17) is 5.11 Å². The third kappa shape index (κ3) is 6.70. The smallest absolute Gasteiger partial charge is 0.326 e. The van der Waals surface area contributed by atoms with Crippen LogP contribution in [-0.4, -0.2) is 65.6 Å². The summed E-state index contributed by atoms with van der Waals surface area (Å²) in [6.07, 6.45) is 4.57. The monoisotopic (exact) mass is 317 g/mol. The van der Waals surface area contributed by atoms with E-state index in [1.54, 1.807) is 4.90 Å². The number of likely N-dealkylation sites (tertiary alicyclic amines) is 1. The largest absolute Gasteiger partial charge is 0.480 e. The fourth-order valence-corrected chi connectivity index (χ4v) is 2.58. The van der Waals surface area contributed by atoms with Gasteiger partial charge in [0.2, 0.25) is 5.91 Å². The van der Waals surface area contributed by atoms with Crippen LogP contribution >= 0.6 is 11.8 Å². The van der Waals surface area contributed by atoms with Crippen molar-refractivity contribution in [1.82, 2.24) is 15.5 Å². The van der Waals surface area contributed by atoms with Crippen molar-refractivity contribution in [2.24, 2.45) is 0 Å². The maximum absolute atomic E-state index is 11.8. The van der Waals surface area contributed by atoms with Crippen molar-refractivity contribution >= 4 is 29.7 Å². The standard InChI is InChI=1S/C13H23N3O4S/c1-21-9-5-10(12(18)19)15-13(20)14-6-4-11(17)16-7-2-3-8-16/h10H,2-9H2,1H3,(H,18,19)(H2,14,15,20)/t10-/m0/s1. The molecule has 0 aromatic rings. The molecule has 1 rings (SSSR count). The number of hydrogen-bond donors (Lipinski definition) is 3. The van der Waals surface area contributed by atoms with Crippen molar-refractivity contribution in [2.45, 2.75) is 31.7 Å². The minimum Gasteiger partial charge on any atom is -0.480 e. The Morgan fingerprint density at radius 2 is 1.95 bits per heavy atom. The summed E-state index contributed by atoms with van der Waals surface area (Å²) in [5.41, 5.74) is 0. The number of nitrogens with one attached hydrogen (secondary N) is 2. The maximum atomic E-state index is 11.8. The Labute approximate surface area is 128 Å². The van der Waals surface area contributed by atoms with Gasteiger partial charge in [-0.1, -0.05) is 0 Å². The van der Waals surface area contributed by atoms with E-state index in [1.165, 1.54) is 11.8 Å². The molecule has 1 atom stereocenters. The van der Waals surface area contributed by atoms with Crippen LogP contribution in [0.3, 0.4) is 0 Å². The zero-order valence-corrected chi connectivity index (χ0v) is 13.1. The molecule has 0 unspecified atom stereocenters. The number of thioether (sulfide) groups is 1. The number of nitrogens with zero attached hydrogens (tertiary/aromatic N) is 1. The topological polar surface area (TPSA) is 98.7 Å². The zero-order valence-electron chi connectivity index (χ0n) is 12.3. The summed E-state index contributed by atoms with van der Waals surface area (Å²) in [5, 5.41) is 13.9. The molecule has 3 N–H and O–H groups in total. The molecule has 0 spiro atoms. The van der Waals surface area contributed by atoms with E-state index in [2.05, 4.69) is 10.6 Å². The lowest BCUT2D eigenvalue weighted by molar-refractivity contribution is -0.139. The van der Waals surface area contributed by atoms with E-state index in [0.717, 1.165) is 25.9 Å². The molecule has 1 aliphatic rings. The molecule has 0 bridgehead atoms. The van der Waals surface area contributed by atoms with Gasteiger partial charge in [0.15, 0.2) is 0 Å². The number of hydrogen-bond acceptors (Lipinski definition) is 4. The highest BCUT2D eigenvalue weighted by Gasteiger charge is 2.20. The predicted octanol–water partition coefficient (Wildman–Crippen LogP) is 0.504. The van der Waals surface area contributed by atoms with Crippen molar-refractivity contribution < 1.29 is 19.5 Å². The first-order chi connectivity index (χ1) is 10.0. The van der Waals surface area contributed by atoms with Crippen LogP contribution in [0.25, 0.3) is 0 Å². The minimum absolute atomic E-state index is 0.0324. The van der Waals surface area contributed by atoms with Crippen LogP contribution in [0, 0.1) is 0 Å². The van der Waals surface area contributed by atoms with Gasteiger partial charge in [0.05, 0.1) is 0 Å². The molecular weight excluding hydrogens is 294 g/mol. The van der Waals surface area contributed by atoms with E-state index in [-0.39, 0.29) is 18.9 Å². The lowest BCUT2D eigenvalue weighted by Gasteiger charge is -2.16. The number of carbonyl (C=O) groups excluding carboxylic acids is 2. The van der Waals surface area contributed by atoms with Gasteiger partial charge in [-0.3, -0.25) is 4.79 Å². The fourth-order valence-electron chi connectivity index (χ4n) is 2.11. The second-order valence-electron chi connectivity index (χ2n) is 4.91. The average molecular weight is 317 g/mol. The lowest BCUT2D eigenvalue weighted by atomic mass is 10.2. The summed E-state index contributed by atoms with van der Waals surface area (Å²) in [6.45, 7) is 1.80. The van der Waals surface area contributed by atoms with Crippen LogP contribution in [0.1, 0.15) is 25.7 Å². The molecule has 0 radical (unpaired) electrons. The molecule has 1 aliphatic heterocycles. The second kappa shape index (κ2) is 9.49. The molecule has 8 heteroatoms. The Kier molecular flexibility index (Phi) is 7.96. The van der Waals surface area contributed by atoms with E-state index >= 15 is 0 Å². The van der Waals surface area contributed by atoms with Gasteiger partial charge in [0.25, 0.3) is 0 Å². The molecular formula is C13H23N3O4S.